The Kier molecular flexibility index (Phi) is 6.84. The van der Waals surface area contributed by atoms with Crippen molar-refractivity contribution in [3.8, 4) is 28.7 Å². The van der Waals surface area contributed by atoms with Crippen molar-refractivity contribution in [2.45, 2.75) is 52.9 Å². The summed E-state index contributed by atoms with van der Waals surface area (Å²) in [7, 11) is 1.58. The van der Waals surface area contributed by atoms with Crippen LogP contribution in [0, 0.1) is 0 Å². The third-order valence-electron chi connectivity index (χ3n) is 5.70. The van der Waals surface area contributed by atoms with Crippen LogP contribution in [-0.4, -0.2) is 29.0 Å². The van der Waals surface area contributed by atoms with E-state index in [0.29, 0.717) is 54.1 Å². The number of aromatic hydroxyl groups is 3. The van der Waals surface area contributed by atoms with Crippen molar-refractivity contribution in [3.63, 3.8) is 0 Å². The van der Waals surface area contributed by atoms with Crippen molar-refractivity contribution in [1.82, 2.24) is 0 Å². The van der Waals surface area contributed by atoms with Crippen molar-refractivity contribution in [3.05, 3.63) is 63.8 Å². The largest absolute Gasteiger partial charge is 0.508 e. The molecule has 5 nitrogen and oxygen atoms in total. The van der Waals surface area contributed by atoms with E-state index in [1.807, 2.05) is 45.9 Å². The molecule has 166 valence electrons. The molecule has 2 aromatic carbocycles. The molecule has 0 saturated carbocycles. The molecule has 1 atom stereocenters. The van der Waals surface area contributed by atoms with E-state index in [9.17, 15) is 15.3 Å². The SMILES string of the molecule is COc1cc2c(c(O)c1CC=C(C)C)C[C@H](c1ccc(O)c(CC=C(C)C)c1O)CO2. The average Bonchev–Trinajstić information content (AvgIpc) is 2.72. The number of fused-ring (bicyclic) bond motifs is 1. The molecule has 0 spiro atoms. The van der Waals surface area contributed by atoms with Crippen molar-refractivity contribution in [1.29, 1.82) is 0 Å². The first kappa shape index (κ1) is 22.6. The number of hydrogen-bond donors (Lipinski definition) is 3. The Labute approximate surface area is 184 Å². The third-order valence-corrected chi connectivity index (χ3v) is 5.70. The first-order chi connectivity index (χ1) is 14.7. The molecule has 0 amide bonds. The Bertz CT molecular complexity index is 1020. The monoisotopic (exact) mass is 424 g/mol. The second-order valence-electron chi connectivity index (χ2n) is 8.57. The van der Waals surface area contributed by atoms with Gasteiger partial charge in [-0.3, -0.25) is 0 Å². The molecule has 1 aliphatic rings. The number of phenols is 3. The lowest BCUT2D eigenvalue weighted by molar-refractivity contribution is 0.253. The summed E-state index contributed by atoms with van der Waals surface area (Å²) < 4.78 is 11.5. The number of benzene rings is 2. The molecule has 0 bridgehead atoms. The average molecular weight is 425 g/mol. The summed E-state index contributed by atoms with van der Waals surface area (Å²) in [6.45, 7) is 8.35. The minimum absolute atomic E-state index is 0.0764. The van der Waals surface area contributed by atoms with Gasteiger partial charge in [0.05, 0.1) is 13.7 Å². The molecule has 1 heterocycles. The summed E-state index contributed by atoms with van der Waals surface area (Å²) in [6.07, 6.45) is 5.55. The van der Waals surface area contributed by atoms with E-state index in [1.165, 1.54) is 0 Å². The molecule has 0 unspecified atom stereocenters. The highest BCUT2D eigenvalue weighted by atomic mass is 16.5. The molecule has 5 heteroatoms. The van der Waals surface area contributed by atoms with Crippen LogP contribution in [-0.2, 0) is 19.3 Å². The Morgan fingerprint density at radius 2 is 1.65 bits per heavy atom. The lowest BCUT2D eigenvalue weighted by atomic mass is 9.86. The molecule has 31 heavy (non-hydrogen) atoms. The van der Waals surface area contributed by atoms with Gasteiger partial charge in [-0.1, -0.05) is 29.4 Å². The number of ether oxygens (including phenoxy) is 2. The standard InChI is InChI=1S/C26H32O5/c1-15(2)6-8-19-22(27)11-10-18(25(19)28)17-12-21-24(31-14-17)13-23(30-5)20(26(21)29)9-7-16(3)4/h6-7,10-11,13,17,27-29H,8-9,12,14H2,1-5H3/t17-/m0/s1. The molecular weight excluding hydrogens is 392 g/mol. The van der Waals surface area contributed by atoms with Crippen LogP contribution in [0.1, 0.15) is 55.9 Å². The molecule has 0 saturated heterocycles. The van der Waals surface area contributed by atoms with E-state index < -0.39 is 0 Å². The maximum atomic E-state index is 11.0. The Morgan fingerprint density at radius 3 is 2.26 bits per heavy atom. The van der Waals surface area contributed by atoms with Gasteiger partial charge in [-0.15, -0.1) is 0 Å². The zero-order chi connectivity index (χ0) is 22.7. The lowest BCUT2D eigenvalue weighted by Crippen LogP contribution is -2.20. The van der Waals surface area contributed by atoms with Gasteiger partial charge in [-0.2, -0.15) is 0 Å². The zero-order valence-corrected chi connectivity index (χ0v) is 19.0. The summed E-state index contributed by atoms with van der Waals surface area (Å²) in [5.41, 5.74) is 4.93. The van der Waals surface area contributed by atoms with Gasteiger partial charge >= 0.3 is 0 Å². The predicted molar refractivity (Wildman–Crippen MR) is 123 cm³/mol. The Morgan fingerprint density at radius 1 is 1.00 bits per heavy atom. The van der Waals surface area contributed by atoms with Crippen LogP contribution in [0.2, 0.25) is 0 Å². The van der Waals surface area contributed by atoms with Crippen LogP contribution in [0.15, 0.2) is 41.5 Å². The van der Waals surface area contributed by atoms with Crippen LogP contribution in [0.5, 0.6) is 28.7 Å². The van der Waals surface area contributed by atoms with Crippen molar-refractivity contribution < 1.29 is 24.8 Å². The van der Waals surface area contributed by atoms with E-state index in [-0.39, 0.29) is 23.2 Å². The lowest BCUT2D eigenvalue weighted by Gasteiger charge is -2.28. The maximum absolute atomic E-state index is 11.0. The summed E-state index contributed by atoms with van der Waals surface area (Å²) in [5, 5.41) is 32.2. The predicted octanol–water partition coefficient (Wildman–Crippen LogP) is 5.55. The molecule has 2 aromatic rings. The molecular formula is C26H32O5. The summed E-state index contributed by atoms with van der Waals surface area (Å²) in [5.74, 6) is 1.41. The topological polar surface area (TPSA) is 79.2 Å². The highest BCUT2D eigenvalue weighted by Crippen LogP contribution is 2.46. The molecule has 3 N–H and O–H groups in total. The second kappa shape index (κ2) is 9.38. The fourth-order valence-electron chi connectivity index (χ4n) is 3.90. The first-order valence-electron chi connectivity index (χ1n) is 10.6. The highest BCUT2D eigenvalue weighted by molar-refractivity contribution is 5.59. The number of phenolic OH excluding ortho intramolecular Hbond substituents is 3. The van der Waals surface area contributed by atoms with E-state index >= 15 is 0 Å². The quantitative estimate of drug-likeness (QED) is 0.530. The molecule has 1 aliphatic heterocycles. The van der Waals surface area contributed by atoms with Crippen LogP contribution in [0.4, 0.5) is 0 Å². The van der Waals surface area contributed by atoms with Gasteiger partial charge in [0.15, 0.2) is 0 Å². The van der Waals surface area contributed by atoms with Crippen molar-refractivity contribution >= 4 is 0 Å². The van der Waals surface area contributed by atoms with Crippen LogP contribution >= 0.6 is 0 Å². The van der Waals surface area contributed by atoms with Gasteiger partial charge in [-0.05, 0) is 53.0 Å². The van der Waals surface area contributed by atoms with Crippen molar-refractivity contribution in [2.24, 2.45) is 0 Å². The van der Waals surface area contributed by atoms with E-state index in [2.05, 4.69) is 0 Å². The van der Waals surface area contributed by atoms with Gasteiger partial charge in [-0.25, -0.2) is 0 Å². The fourth-order valence-corrected chi connectivity index (χ4v) is 3.90. The Balaban J connectivity index is 1.99. The number of allylic oxidation sites excluding steroid dienone is 4. The van der Waals surface area contributed by atoms with E-state index in [1.54, 1.807) is 19.2 Å². The van der Waals surface area contributed by atoms with Gasteiger partial charge in [0.25, 0.3) is 0 Å². The summed E-state index contributed by atoms with van der Waals surface area (Å²) >= 11 is 0. The van der Waals surface area contributed by atoms with Crippen LogP contribution in [0.3, 0.4) is 0 Å². The van der Waals surface area contributed by atoms with Gasteiger partial charge < -0.3 is 24.8 Å². The van der Waals surface area contributed by atoms with E-state index in [4.69, 9.17) is 9.47 Å². The van der Waals surface area contributed by atoms with Crippen LogP contribution < -0.4 is 9.47 Å². The minimum Gasteiger partial charge on any atom is -0.508 e. The second-order valence-corrected chi connectivity index (χ2v) is 8.57. The number of rotatable bonds is 6. The van der Waals surface area contributed by atoms with E-state index in [0.717, 1.165) is 16.7 Å². The Hall–Kier alpha value is -3.08. The summed E-state index contributed by atoms with van der Waals surface area (Å²) in [4.78, 5) is 0. The minimum atomic E-state index is -0.144. The number of hydrogen-bond acceptors (Lipinski definition) is 5. The highest BCUT2D eigenvalue weighted by Gasteiger charge is 2.29. The smallest absolute Gasteiger partial charge is 0.129 e. The fraction of sp³-hybridized carbons (Fsp3) is 0.385. The molecule has 0 aromatic heterocycles. The van der Waals surface area contributed by atoms with Gasteiger partial charge in [0, 0.05) is 34.2 Å². The normalized spacial score (nSPS) is 14.9. The van der Waals surface area contributed by atoms with Gasteiger partial charge in [0.2, 0.25) is 0 Å². The first-order valence-corrected chi connectivity index (χ1v) is 10.6. The molecule has 3 rings (SSSR count). The molecule has 0 radical (unpaired) electrons. The zero-order valence-electron chi connectivity index (χ0n) is 19.0. The van der Waals surface area contributed by atoms with Gasteiger partial charge in [0.1, 0.15) is 28.7 Å². The number of methoxy groups -OCH3 is 1. The van der Waals surface area contributed by atoms with Crippen LogP contribution in [0.25, 0.3) is 0 Å². The van der Waals surface area contributed by atoms with Crippen molar-refractivity contribution in [2.75, 3.05) is 13.7 Å². The maximum Gasteiger partial charge on any atom is 0.129 e. The third kappa shape index (κ3) is 4.82. The molecule has 0 fully saturated rings. The molecule has 0 aliphatic carbocycles. The summed E-state index contributed by atoms with van der Waals surface area (Å²) in [6, 6.07) is 5.18.